The number of oxazole rings is 1. The smallest absolute Gasteiger partial charge is 0.408 e. The van der Waals surface area contributed by atoms with E-state index in [-0.39, 0.29) is 5.76 Å². The topological polar surface area (TPSA) is 61.2 Å². The molecule has 1 aromatic heterocycles. The van der Waals surface area contributed by atoms with E-state index < -0.39 is 0 Å². The molecule has 2 N–H and O–H groups in total. The van der Waals surface area contributed by atoms with Crippen LogP contribution in [0.5, 0.6) is 0 Å². The number of benzene rings is 2. The highest BCUT2D eigenvalue weighted by Gasteiger charge is 2.09. The van der Waals surface area contributed by atoms with Crippen molar-refractivity contribution in [1.82, 2.24) is 4.57 Å². The van der Waals surface area contributed by atoms with E-state index in [0.29, 0.717) is 17.8 Å². The lowest BCUT2D eigenvalue weighted by Crippen LogP contribution is -2.14. The van der Waals surface area contributed by atoms with Crippen molar-refractivity contribution in [1.29, 1.82) is 0 Å². The fraction of sp³-hybridized carbons (Fsp3) is 0.0714. The highest BCUT2D eigenvalue weighted by Crippen LogP contribution is 2.17. The number of hydrogen-bond acceptors (Lipinski definition) is 3. The van der Waals surface area contributed by atoms with Crippen LogP contribution < -0.4 is 11.5 Å². The van der Waals surface area contributed by atoms with E-state index in [1.807, 2.05) is 30.3 Å². The molecule has 0 unspecified atom stereocenters. The molecule has 90 valence electrons. The van der Waals surface area contributed by atoms with E-state index in [4.69, 9.17) is 10.2 Å². The van der Waals surface area contributed by atoms with Crippen molar-refractivity contribution < 1.29 is 4.42 Å². The summed E-state index contributed by atoms with van der Waals surface area (Å²) in [6.07, 6.45) is 0. The van der Waals surface area contributed by atoms with Gasteiger partial charge in [0.1, 0.15) is 0 Å². The van der Waals surface area contributed by atoms with Gasteiger partial charge in [-0.1, -0.05) is 30.3 Å². The molecule has 0 aliphatic rings. The molecular formula is C14H12N2O2. The van der Waals surface area contributed by atoms with E-state index in [2.05, 4.69) is 0 Å². The van der Waals surface area contributed by atoms with Gasteiger partial charge < -0.3 is 10.2 Å². The summed E-state index contributed by atoms with van der Waals surface area (Å²) in [6.45, 7) is 0.482. The van der Waals surface area contributed by atoms with Gasteiger partial charge in [0.15, 0.2) is 5.58 Å². The Labute approximate surface area is 103 Å². The number of nitrogens with zero attached hydrogens (tertiary/aromatic N) is 1. The summed E-state index contributed by atoms with van der Waals surface area (Å²) in [5.74, 6) is -0.362. The Hall–Kier alpha value is -2.49. The van der Waals surface area contributed by atoms with Crippen molar-refractivity contribution in [3.63, 3.8) is 0 Å². The minimum Gasteiger partial charge on any atom is -0.408 e. The van der Waals surface area contributed by atoms with Gasteiger partial charge >= 0.3 is 5.76 Å². The molecule has 0 saturated carbocycles. The van der Waals surface area contributed by atoms with E-state index in [9.17, 15) is 4.79 Å². The molecule has 2 aromatic carbocycles. The summed E-state index contributed by atoms with van der Waals surface area (Å²) in [5, 5.41) is 0. The first-order chi connectivity index (χ1) is 8.74. The zero-order valence-electron chi connectivity index (χ0n) is 9.67. The van der Waals surface area contributed by atoms with Gasteiger partial charge in [0, 0.05) is 5.69 Å². The number of nitrogen functional groups attached to an aromatic ring is 1. The molecule has 0 aliphatic carbocycles. The summed E-state index contributed by atoms with van der Waals surface area (Å²) in [4.78, 5) is 11.8. The molecule has 0 aliphatic heterocycles. The van der Waals surface area contributed by atoms with Crippen molar-refractivity contribution in [3.8, 4) is 0 Å². The van der Waals surface area contributed by atoms with Crippen LogP contribution >= 0.6 is 0 Å². The predicted octanol–water partition coefficient (Wildman–Crippen LogP) is 2.22. The summed E-state index contributed by atoms with van der Waals surface area (Å²) >= 11 is 0. The van der Waals surface area contributed by atoms with E-state index >= 15 is 0 Å². The quantitative estimate of drug-likeness (QED) is 0.699. The third-order valence-electron chi connectivity index (χ3n) is 2.87. The lowest BCUT2D eigenvalue weighted by Gasteiger charge is -2.02. The van der Waals surface area contributed by atoms with Gasteiger partial charge in [0.2, 0.25) is 0 Å². The van der Waals surface area contributed by atoms with Gasteiger partial charge in [-0.05, 0) is 23.8 Å². The SMILES string of the molecule is Nc1ccc2oc(=O)n(Cc3ccccc3)c2c1. The standard InChI is InChI=1S/C14H12N2O2/c15-11-6-7-13-12(8-11)16(14(17)18-13)9-10-4-2-1-3-5-10/h1-8H,9,15H2. The Bertz CT molecular complexity index is 741. The number of rotatable bonds is 2. The molecule has 3 rings (SSSR count). The average Bonchev–Trinajstić information content (AvgIpc) is 2.67. The lowest BCUT2D eigenvalue weighted by atomic mass is 10.2. The van der Waals surface area contributed by atoms with Crippen LogP contribution in [-0.2, 0) is 6.54 Å². The second-order valence-corrected chi connectivity index (χ2v) is 4.17. The molecule has 4 heteroatoms. The monoisotopic (exact) mass is 240 g/mol. The van der Waals surface area contributed by atoms with Gasteiger partial charge in [-0.2, -0.15) is 0 Å². The third-order valence-corrected chi connectivity index (χ3v) is 2.87. The second kappa shape index (κ2) is 4.07. The van der Waals surface area contributed by atoms with Crippen LogP contribution in [0.4, 0.5) is 5.69 Å². The van der Waals surface area contributed by atoms with E-state index in [1.165, 1.54) is 0 Å². The molecule has 0 amide bonds. The van der Waals surface area contributed by atoms with Crippen LogP contribution in [0.1, 0.15) is 5.56 Å². The fourth-order valence-corrected chi connectivity index (χ4v) is 1.99. The fourth-order valence-electron chi connectivity index (χ4n) is 1.99. The van der Waals surface area contributed by atoms with Crippen LogP contribution in [0.2, 0.25) is 0 Å². The van der Waals surface area contributed by atoms with Gasteiger partial charge in [0.25, 0.3) is 0 Å². The maximum atomic E-state index is 11.8. The van der Waals surface area contributed by atoms with Crippen LogP contribution in [0, 0.1) is 0 Å². The normalized spacial score (nSPS) is 10.9. The van der Waals surface area contributed by atoms with Crippen LogP contribution in [0.25, 0.3) is 11.1 Å². The third kappa shape index (κ3) is 1.78. The van der Waals surface area contributed by atoms with Crippen LogP contribution in [0.3, 0.4) is 0 Å². The number of nitrogens with two attached hydrogens (primary N) is 1. The first-order valence-electron chi connectivity index (χ1n) is 5.67. The molecule has 0 saturated heterocycles. The number of aromatic nitrogens is 1. The minimum absolute atomic E-state index is 0.362. The Morgan fingerprint density at radius 1 is 1.11 bits per heavy atom. The summed E-state index contributed by atoms with van der Waals surface area (Å²) < 4.78 is 6.76. The zero-order chi connectivity index (χ0) is 12.5. The molecule has 18 heavy (non-hydrogen) atoms. The Kier molecular flexibility index (Phi) is 2.41. The molecule has 0 atom stereocenters. The van der Waals surface area contributed by atoms with Gasteiger partial charge in [0.05, 0.1) is 12.1 Å². The van der Waals surface area contributed by atoms with Crippen molar-refractivity contribution in [3.05, 3.63) is 64.6 Å². The second-order valence-electron chi connectivity index (χ2n) is 4.17. The van der Waals surface area contributed by atoms with Gasteiger partial charge in [-0.3, -0.25) is 4.57 Å². The average molecular weight is 240 g/mol. The summed E-state index contributed by atoms with van der Waals surface area (Å²) in [6, 6.07) is 15.0. The number of hydrogen-bond donors (Lipinski definition) is 1. The number of fused-ring (bicyclic) bond motifs is 1. The molecule has 1 heterocycles. The van der Waals surface area contributed by atoms with E-state index in [1.54, 1.807) is 22.8 Å². The van der Waals surface area contributed by atoms with Crippen LogP contribution in [-0.4, -0.2) is 4.57 Å². The van der Waals surface area contributed by atoms with E-state index in [0.717, 1.165) is 11.1 Å². The Morgan fingerprint density at radius 3 is 2.67 bits per heavy atom. The molecular weight excluding hydrogens is 228 g/mol. The molecule has 4 nitrogen and oxygen atoms in total. The Morgan fingerprint density at radius 2 is 1.89 bits per heavy atom. The highest BCUT2D eigenvalue weighted by atomic mass is 16.4. The van der Waals surface area contributed by atoms with Crippen molar-refractivity contribution in [2.24, 2.45) is 0 Å². The predicted molar refractivity (Wildman–Crippen MR) is 70.4 cm³/mol. The zero-order valence-corrected chi connectivity index (χ0v) is 9.67. The highest BCUT2D eigenvalue weighted by molar-refractivity contribution is 5.77. The first-order valence-corrected chi connectivity index (χ1v) is 5.67. The Balaban J connectivity index is 2.14. The molecule has 3 aromatic rings. The van der Waals surface area contributed by atoms with Gasteiger partial charge in [-0.15, -0.1) is 0 Å². The largest absolute Gasteiger partial charge is 0.420 e. The molecule has 0 bridgehead atoms. The maximum absolute atomic E-state index is 11.8. The lowest BCUT2D eigenvalue weighted by molar-refractivity contribution is 0.517. The van der Waals surface area contributed by atoms with Crippen LogP contribution in [0.15, 0.2) is 57.7 Å². The molecule has 0 radical (unpaired) electrons. The molecule has 0 fully saturated rings. The summed E-state index contributed by atoms with van der Waals surface area (Å²) in [5.41, 5.74) is 8.69. The van der Waals surface area contributed by atoms with Crippen molar-refractivity contribution in [2.75, 3.05) is 5.73 Å². The molecule has 0 spiro atoms. The number of anilines is 1. The first kappa shape index (κ1) is 10.7. The van der Waals surface area contributed by atoms with Gasteiger partial charge in [-0.25, -0.2) is 4.79 Å². The minimum atomic E-state index is -0.362. The van der Waals surface area contributed by atoms with Crippen molar-refractivity contribution in [2.45, 2.75) is 6.54 Å². The summed E-state index contributed by atoms with van der Waals surface area (Å²) in [7, 11) is 0. The maximum Gasteiger partial charge on any atom is 0.420 e. The van der Waals surface area contributed by atoms with Crippen molar-refractivity contribution >= 4 is 16.8 Å².